The fourth-order valence-corrected chi connectivity index (χ4v) is 1.01. The second kappa shape index (κ2) is 2.48. The molecule has 0 rings (SSSR count). The Morgan fingerprint density at radius 2 is 1.50 bits per heavy atom. The Balaban J connectivity index is 4.56. The van der Waals surface area contributed by atoms with Crippen molar-refractivity contribution in [3.05, 3.63) is 0 Å². The molecule has 0 saturated carbocycles. The Bertz CT molecular complexity index is 201. The van der Waals surface area contributed by atoms with Crippen molar-refractivity contribution in [2.75, 3.05) is 7.05 Å². The number of hydrogen-bond donors (Lipinski definition) is 0. The molecule has 0 aliphatic heterocycles. The zero-order valence-electron chi connectivity index (χ0n) is 6.58. The molecule has 0 aliphatic carbocycles. The lowest BCUT2D eigenvalue weighted by molar-refractivity contribution is 0.246. The van der Waals surface area contributed by atoms with Crippen LogP contribution in [-0.4, -0.2) is 25.3 Å². The van der Waals surface area contributed by atoms with Gasteiger partial charge in [-0.05, 0) is 20.8 Å². The summed E-state index contributed by atoms with van der Waals surface area (Å²) >= 11 is 0. The van der Waals surface area contributed by atoms with Gasteiger partial charge in [0.05, 0.1) is 0 Å². The molecule has 0 N–H and O–H groups in total. The van der Waals surface area contributed by atoms with E-state index in [1.807, 2.05) is 0 Å². The van der Waals surface area contributed by atoms with Gasteiger partial charge in [0.2, 0.25) is 0 Å². The molecule has 1 radical (unpaired) electrons. The van der Waals surface area contributed by atoms with Crippen LogP contribution in [0.3, 0.4) is 0 Å². The van der Waals surface area contributed by atoms with Crippen LogP contribution in [0.25, 0.3) is 0 Å². The lowest BCUT2D eigenvalue weighted by Gasteiger charge is -2.26. The van der Waals surface area contributed by atoms with Gasteiger partial charge in [-0.2, -0.15) is 12.7 Å². The van der Waals surface area contributed by atoms with Gasteiger partial charge < -0.3 is 0 Å². The molecule has 0 amide bonds. The van der Waals surface area contributed by atoms with E-state index in [-0.39, 0.29) is 0 Å². The highest BCUT2D eigenvalue weighted by Gasteiger charge is 2.27. The van der Waals surface area contributed by atoms with Gasteiger partial charge in [0.1, 0.15) is 0 Å². The van der Waals surface area contributed by atoms with Crippen LogP contribution >= 0.6 is 0 Å². The monoisotopic (exact) mass is 166 g/mol. The van der Waals surface area contributed by atoms with Gasteiger partial charge in [0.25, 0.3) is 0 Å². The molecule has 0 aromatic rings. The minimum Gasteiger partial charge on any atom is -0.179 e. The van der Waals surface area contributed by atoms with Crippen LogP contribution in [0.4, 0.5) is 0 Å². The van der Waals surface area contributed by atoms with E-state index in [1.165, 1.54) is 7.05 Å². The van der Waals surface area contributed by atoms with Gasteiger partial charge in [-0.1, -0.05) is 4.55 Å². The fraction of sp³-hybridized carbons (Fsp3) is 1.00. The van der Waals surface area contributed by atoms with Crippen LogP contribution in [-0.2, 0) is 14.9 Å². The average molecular weight is 166 g/mol. The lowest BCUT2D eigenvalue weighted by atomic mass is 10.1. The van der Waals surface area contributed by atoms with Crippen molar-refractivity contribution in [3.63, 3.8) is 0 Å². The van der Waals surface area contributed by atoms with E-state index in [9.17, 15) is 13.0 Å². The van der Waals surface area contributed by atoms with Crippen molar-refractivity contribution in [1.82, 2.24) is 4.31 Å². The van der Waals surface area contributed by atoms with E-state index in [0.717, 1.165) is 4.31 Å². The summed E-state index contributed by atoms with van der Waals surface area (Å²) in [6.45, 7) is 4.97. The fourth-order valence-electron chi connectivity index (χ4n) is 0.335. The number of rotatable bonds is 1. The molecule has 10 heavy (non-hydrogen) atoms. The highest BCUT2D eigenvalue weighted by molar-refractivity contribution is 7.83. The molecular formula is C5H12NO3S. The second-order valence-corrected chi connectivity index (χ2v) is 4.50. The van der Waals surface area contributed by atoms with Crippen molar-refractivity contribution in [1.29, 1.82) is 0 Å². The van der Waals surface area contributed by atoms with E-state index in [0.29, 0.717) is 0 Å². The molecule has 0 heterocycles. The summed E-state index contributed by atoms with van der Waals surface area (Å²) in [5, 5.41) is 0. The minimum atomic E-state index is -4.28. The summed E-state index contributed by atoms with van der Waals surface area (Å²) in [5.74, 6) is 0. The number of hydrogen-bond acceptors (Lipinski definition) is 2. The van der Waals surface area contributed by atoms with Gasteiger partial charge in [0, 0.05) is 12.6 Å². The van der Waals surface area contributed by atoms with E-state index in [4.69, 9.17) is 0 Å². The molecule has 0 aromatic heterocycles. The molecule has 0 bridgehead atoms. The normalized spacial score (nSPS) is 14.2. The largest absolute Gasteiger partial charge is 0.366 e. The molecule has 4 nitrogen and oxygen atoms in total. The molecular weight excluding hydrogens is 154 g/mol. The Morgan fingerprint density at radius 1 is 1.20 bits per heavy atom. The van der Waals surface area contributed by atoms with Crippen molar-refractivity contribution in [2.24, 2.45) is 0 Å². The standard InChI is InChI=1S/C5H12NO3S/c1-5(2,3)6(4)10(7,8)9/h1-4H3. The van der Waals surface area contributed by atoms with Gasteiger partial charge in [-0.25, -0.2) is 0 Å². The smallest absolute Gasteiger partial charge is 0.179 e. The second-order valence-electron chi connectivity index (χ2n) is 3.10. The average Bonchev–Trinajstić information content (AvgIpc) is 1.59. The zero-order chi connectivity index (χ0) is 8.58. The van der Waals surface area contributed by atoms with Crippen LogP contribution in [0.2, 0.25) is 0 Å². The third-order valence-corrected chi connectivity index (χ3v) is 2.50. The SMILES string of the molecule is CN(C(C)(C)C)S([O])(=O)=O. The molecule has 0 fully saturated rings. The molecule has 0 unspecified atom stereocenters. The first kappa shape index (κ1) is 9.87. The third-order valence-electron chi connectivity index (χ3n) is 1.28. The highest BCUT2D eigenvalue weighted by atomic mass is 32.2. The van der Waals surface area contributed by atoms with E-state index in [2.05, 4.69) is 0 Å². The molecule has 0 saturated heterocycles. The van der Waals surface area contributed by atoms with Gasteiger partial charge in [-0.3, -0.25) is 0 Å². The van der Waals surface area contributed by atoms with Crippen LogP contribution in [0.1, 0.15) is 20.8 Å². The van der Waals surface area contributed by atoms with Crippen molar-refractivity contribution in [2.45, 2.75) is 26.3 Å². The van der Waals surface area contributed by atoms with E-state index in [1.54, 1.807) is 20.8 Å². The Hall–Kier alpha value is -0.130. The first-order valence-corrected chi connectivity index (χ1v) is 4.22. The zero-order valence-corrected chi connectivity index (χ0v) is 7.40. The van der Waals surface area contributed by atoms with Crippen molar-refractivity contribution in [3.8, 4) is 0 Å². The number of nitrogens with zero attached hydrogens (tertiary/aromatic N) is 1. The summed E-state index contributed by atoms with van der Waals surface area (Å²) in [4.78, 5) is 0. The first-order valence-electron chi connectivity index (χ1n) is 2.85. The minimum absolute atomic E-state index is 0.624. The lowest BCUT2D eigenvalue weighted by Crippen LogP contribution is -2.41. The quantitative estimate of drug-likeness (QED) is 0.566. The highest BCUT2D eigenvalue weighted by Crippen LogP contribution is 2.13. The van der Waals surface area contributed by atoms with E-state index < -0.39 is 15.8 Å². The van der Waals surface area contributed by atoms with Crippen LogP contribution in [0.15, 0.2) is 0 Å². The molecule has 0 aromatic carbocycles. The molecule has 0 aliphatic rings. The Kier molecular flexibility index (Phi) is 2.45. The van der Waals surface area contributed by atoms with Gasteiger partial charge in [-0.15, -0.1) is 0 Å². The first-order chi connectivity index (χ1) is 4.15. The van der Waals surface area contributed by atoms with Crippen molar-refractivity contribution >= 4 is 10.3 Å². The summed E-state index contributed by atoms with van der Waals surface area (Å²) in [7, 11) is -3.01. The van der Waals surface area contributed by atoms with Crippen molar-refractivity contribution < 1.29 is 13.0 Å². The summed E-state index contributed by atoms with van der Waals surface area (Å²) in [6, 6.07) is 0. The molecule has 0 spiro atoms. The van der Waals surface area contributed by atoms with Crippen LogP contribution in [0.5, 0.6) is 0 Å². The predicted molar refractivity (Wildman–Crippen MR) is 37.1 cm³/mol. The molecule has 61 valence electrons. The van der Waals surface area contributed by atoms with Crippen LogP contribution in [0, 0.1) is 0 Å². The summed E-state index contributed by atoms with van der Waals surface area (Å²) in [6.07, 6.45) is 0. The maximum Gasteiger partial charge on any atom is 0.366 e. The maximum absolute atomic E-state index is 10.3. The van der Waals surface area contributed by atoms with E-state index >= 15 is 0 Å². The topological polar surface area (TPSA) is 57.3 Å². The molecule has 0 atom stereocenters. The van der Waals surface area contributed by atoms with Gasteiger partial charge >= 0.3 is 10.3 Å². The Morgan fingerprint density at radius 3 is 1.50 bits per heavy atom. The third kappa shape index (κ3) is 2.64. The summed E-state index contributed by atoms with van der Waals surface area (Å²) < 4.78 is 31.8. The molecule has 5 heteroatoms. The van der Waals surface area contributed by atoms with Crippen LogP contribution < -0.4 is 0 Å². The Labute approximate surface area is 61.7 Å². The van der Waals surface area contributed by atoms with Gasteiger partial charge in [0.15, 0.2) is 0 Å². The predicted octanol–water partition coefficient (Wildman–Crippen LogP) is 0.392. The maximum atomic E-state index is 10.3. The summed E-state index contributed by atoms with van der Waals surface area (Å²) in [5.41, 5.74) is -0.624.